The molecule has 9 heteroatoms. The maximum atomic E-state index is 10.2. The van der Waals surface area contributed by atoms with Crippen LogP contribution in [0.1, 0.15) is 0 Å². The molecule has 0 bridgehead atoms. The number of hydrogen-bond acceptors (Lipinski definition) is 8. The molecule has 0 aliphatic carbocycles. The second-order valence-corrected chi connectivity index (χ2v) is 7.17. The summed E-state index contributed by atoms with van der Waals surface area (Å²) in [5.74, 6) is 0.200. The van der Waals surface area contributed by atoms with E-state index in [-0.39, 0.29) is 24.9 Å². The highest BCUT2D eigenvalue weighted by molar-refractivity contribution is 14.1. The van der Waals surface area contributed by atoms with E-state index in [1.165, 1.54) is 0 Å². The lowest BCUT2D eigenvalue weighted by Gasteiger charge is -2.39. The van der Waals surface area contributed by atoms with Crippen LogP contribution in [0.5, 0.6) is 0 Å². The molecule has 0 aromatic heterocycles. The van der Waals surface area contributed by atoms with Crippen molar-refractivity contribution in [3.8, 4) is 0 Å². The average Bonchev–Trinajstić information content (AvgIpc) is 2.90. The summed E-state index contributed by atoms with van der Waals surface area (Å²) in [5.41, 5.74) is 6.11. The minimum atomic E-state index is -1.06. The summed E-state index contributed by atoms with van der Waals surface area (Å²) >= 11 is 2.36. The molecule has 8 unspecified atom stereocenters. The molecular weight excluding hydrogens is 379 g/mol. The number of rotatable bonds is 2. The molecule has 3 saturated heterocycles. The van der Waals surface area contributed by atoms with Crippen LogP contribution in [0, 0.1) is 5.92 Å². The first-order chi connectivity index (χ1) is 9.54. The molecule has 7 N–H and O–H groups in total. The smallest absolute Gasteiger partial charge is 0.141 e. The molecular formula is C11H21IN4O4. The van der Waals surface area contributed by atoms with Crippen LogP contribution in [-0.4, -0.2) is 80.8 Å². The first kappa shape index (κ1) is 15.3. The Morgan fingerprint density at radius 1 is 1.30 bits per heavy atom. The summed E-state index contributed by atoms with van der Waals surface area (Å²) in [6.45, 7) is 1.00. The van der Waals surface area contributed by atoms with Gasteiger partial charge >= 0.3 is 0 Å². The Morgan fingerprint density at radius 3 is 2.70 bits per heavy atom. The molecule has 0 amide bonds. The zero-order valence-electron chi connectivity index (χ0n) is 10.9. The van der Waals surface area contributed by atoms with Gasteiger partial charge in [0, 0.05) is 23.1 Å². The van der Waals surface area contributed by atoms with Gasteiger partial charge in [-0.2, -0.15) is 0 Å². The number of nitrogens with two attached hydrogens (primary N) is 1. The van der Waals surface area contributed by atoms with E-state index in [9.17, 15) is 15.3 Å². The van der Waals surface area contributed by atoms with Crippen LogP contribution in [0.25, 0.3) is 0 Å². The van der Waals surface area contributed by atoms with Crippen LogP contribution < -0.4 is 16.4 Å². The number of nitrogens with one attached hydrogen (secondary N) is 2. The molecule has 116 valence electrons. The Bertz CT molecular complexity index is 365. The topological polar surface area (TPSA) is 123 Å². The third-order valence-electron chi connectivity index (χ3n) is 4.43. The highest BCUT2D eigenvalue weighted by Crippen LogP contribution is 2.36. The van der Waals surface area contributed by atoms with Gasteiger partial charge in [-0.25, -0.2) is 0 Å². The van der Waals surface area contributed by atoms with Crippen LogP contribution >= 0.6 is 22.6 Å². The number of nitrogens with zero attached hydrogens (tertiary/aromatic N) is 1. The van der Waals surface area contributed by atoms with E-state index in [1.54, 1.807) is 0 Å². The van der Waals surface area contributed by atoms with Crippen molar-refractivity contribution in [1.29, 1.82) is 0 Å². The van der Waals surface area contributed by atoms with Gasteiger partial charge in [-0.1, -0.05) is 22.6 Å². The van der Waals surface area contributed by atoms with Crippen LogP contribution in [0.3, 0.4) is 0 Å². The molecule has 3 aliphatic heterocycles. The van der Waals surface area contributed by atoms with Crippen LogP contribution in [0.15, 0.2) is 0 Å². The Kier molecular flexibility index (Phi) is 4.51. The Hall–Kier alpha value is 0.410. The maximum Gasteiger partial charge on any atom is 0.141 e. The highest BCUT2D eigenvalue weighted by atomic mass is 127. The largest absolute Gasteiger partial charge is 0.394 e. The van der Waals surface area contributed by atoms with E-state index in [1.807, 2.05) is 4.90 Å². The van der Waals surface area contributed by atoms with E-state index in [0.29, 0.717) is 17.1 Å². The number of aliphatic hydroxyl groups excluding tert-OH is 3. The SMILES string of the molecule is NC1NCNC2C1C(I)CN2C1OC(CO)C(O)C1O. The second-order valence-electron chi connectivity index (χ2n) is 5.57. The van der Waals surface area contributed by atoms with Crippen LogP contribution in [0.4, 0.5) is 0 Å². The molecule has 3 heterocycles. The van der Waals surface area contributed by atoms with Crippen LogP contribution in [-0.2, 0) is 4.74 Å². The minimum Gasteiger partial charge on any atom is -0.394 e. The van der Waals surface area contributed by atoms with E-state index in [0.717, 1.165) is 0 Å². The van der Waals surface area contributed by atoms with Gasteiger partial charge in [0.1, 0.15) is 24.5 Å². The monoisotopic (exact) mass is 400 g/mol. The maximum absolute atomic E-state index is 10.2. The Labute approximate surface area is 130 Å². The predicted octanol–water partition coefficient (Wildman–Crippen LogP) is -3.08. The van der Waals surface area contributed by atoms with Crippen molar-refractivity contribution in [2.24, 2.45) is 11.7 Å². The van der Waals surface area contributed by atoms with Gasteiger partial charge in [0.05, 0.1) is 18.9 Å². The van der Waals surface area contributed by atoms with Gasteiger partial charge in [0.25, 0.3) is 0 Å². The van der Waals surface area contributed by atoms with Crippen molar-refractivity contribution in [2.75, 3.05) is 19.8 Å². The van der Waals surface area contributed by atoms with Crippen molar-refractivity contribution in [1.82, 2.24) is 15.5 Å². The standard InChI is InChI=1S/C11H21IN4O4/c12-4-1-16(10-6(4)9(13)14-3-15-10)11-8(19)7(18)5(2-17)20-11/h4-11,14-15,17-19H,1-3,13H2. The molecule has 3 fully saturated rings. The molecule has 0 aromatic carbocycles. The van der Waals surface area contributed by atoms with Crippen molar-refractivity contribution >= 4 is 22.6 Å². The first-order valence-electron chi connectivity index (χ1n) is 6.79. The molecule has 3 aliphatic rings. The van der Waals surface area contributed by atoms with Gasteiger partial charge in [-0.15, -0.1) is 0 Å². The fourth-order valence-corrected chi connectivity index (χ4v) is 4.66. The molecule has 0 spiro atoms. The number of halogens is 1. The predicted molar refractivity (Wildman–Crippen MR) is 78.7 cm³/mol. The van der Waals surface area contributed by atoms with Crippen molar-refractivity contribution in [2.45, 2.75) is 40.8 Å². The fourth-order valence-electron chi connectivity index (χ4n) is 3.36. The summed E-state index contributed by atoms with van der Waals surface area (Å²) in [7, 11) is 0. The van der Waals surface area contributed by atoms with Gasteiger partial charge < -0.3 is 25.8 Å². The first-order valence-corrected chi connectivity index (χ1v) is 8.03. The summed E-state index contributed by atoms with van der Waals surface area (Å²) < 4.78 is 5.94. The normalized spacial score (nSPS) is 53.2. The van der Waals surface area contributed by atoms with Gasteiger partial charge in [-0.3, -0.25) is 15.5 Å². The van der Waals surface area contributed by atoms with E-state index < -0.39 is 24.5 Å². The number of alkyl halides is 1. The van der Waals surface area contributed by atoms with Gasteiger partial charge in [0.15, 0.2) is 0 Å². The molecule has 3 rings (SSSR count). The zero-order chi connectivity index (χ0) is 14.4. The van der Waals surface area contributed by atoms with Crippen molar-refractivity contribution < 1.29 is 20.1 Å². The number of ether oxygens (including phenoxy) is 1. The lowest BCUT2D eigenvalue weighted by atomic mass is 10.0. The van der Waals surface area contributed by atoms with E-state index in [4.69, 9.17) is 10.5 Å². The molecule has 0 saturated carbocycles. The second kappa shape index (κ2) is 5.89. The lowest BCUT2D eigenvalue weighted by Crippen LogP contribution is -2.65. The Morgan fingerprint density at radius 2 is 2.05 bits per heavy atom. The third-order valence-corrected chi connectivity index (χ3v) is 5.66. The number of aliphatic hydroxyl groups is 3. The average molecular weight is 400 g/mol. The highest BCUT2D eigenvalue weighted by Gasteiger charge is 2.53. The number of likely N-dealkylation sites (tertiary alicyclic amines) is 1. The van der Waals surface area contributed by atoms with Crippen LogP contribution in [0.2, 0.25) is 0 Å². The molecule has 8 nitrogen and oxygen atoms in total. The summed E-state index contributed by atoms with van der Waals surface area (Å²) in [5, 5.41) is 35.7. The van der Waals surface area contributed by atoms with Gasteiger partial charge in [-0.05, 0) is 0 Å². The number of fused-ring (bicyclic) bond motifs is 1. The third kappa shape index (κ3) is 2.38. The Balaban J connectivity index is 1.77. The quantitative estimate of drug-likeness (QED) is 0.213. The molecule has 8 atom stereocenters. The van der Waals surface area contributed by atoms with Crippen molar-refractivity contribution in [3.63, 3.8) is 0 Å². The van der Waals surface area contributed by atoms with Gasteiger partial charge in [0.2, 0.25) is 0 Å². The molecule has 0 radical (unpaired) electrons. The zero-order valence-corrected chi connectivity index (χ0v) is 13.1. The van der Waals surface area contributed by atoms with Crippen molar-refractivity contribution in [3.05, 3.63) is 0 Å². The summed E-state index contributed by atoms with van der Waals surface area (Å²) in [6, 6.07) is 0. The lowest BCUT2D eigenvalue weighted by molar-refractivity contribution is -0.112. The summed E-state index contributed by atoms with van der Waals surface area (Å²) in [4.78, 5) is 2.01. The van der Waals surface area contributed by atoms with E-state index in [2.05, 4.69) is 33.2 Å². The number of hydrogen-bond donors (Lipinski definition) is 6. The minimum absolute atomic E-state index is 0.00237. The fraction of sp³-hybridized carbons (Fsp3) is 1.00. The molecule has 0 aromatic rings. The summed E-state index contributed by atoms with van der Waals surface area (Å²) in [6.07, 6.45) is -3.55. The van der Waals surface area contributed by atoms with E-state index >= 15 is 0 Å². The molecule has 20 heavy (non-hydrogen) atoms.